The predicted octanol–water partition coefficient (Wildman–Crippen LogP) is 3.31. The molecule has 0 aliphatic rings. The Hall–Kier alpha value is -2.36. The van der Waals surface area contributed by atoms with Crippen LogP contribution in [0.2, 0.25) is 0 Å². The average Bonchev–Trinajstić information content (AvgIpc) is 2.89. The minimum absolute atomic E-state index is 0.575. The summed E-state index contributed by atoms with van der Waals surface area (Å²) in [5.74, 6) is 1.36. The molecule has 0 amide bonds. The zero-order valence-electron chi connectivity index (χ0n) is 10.1. The normalized spacial score (nSPS) is 10.7. The largest absolute Gasteiger partial charge is 0.438 e. The summed E-state index contributed by atoms with van der Waals surface area (Å²) in [4.78, 5) is 11.3. The van der Waals surface area contributed by atoms with Gasteiger partial charge in [-0.15, -0.1) is 0 Å². The molecule has 90 valence electrons. The van der Waals surface area contributed by atoms with Gasteiger partial charge in [-0.1, -0.05) is 19.1 Å². The third-order valence-electron chi connectivity index (χ3n) is 2.86. The highest BCUT2D eigenvalue weighted by molar-refractivity contribution is 5.80. The van der Waals surface area contributed by atoms with Crippen LogP contribution in [0.4, 0.5) is 0 Å². The van der Waals surface area contributed by atoms with Gasteiger partial charge in [0.15, 0.2) is 0 Å². The number of benzene rings is 1. The number of aryl methyl sites for hydroxylation is 1. The summed E-state index contributed by atoms with van der Waals surface area (Å²) in [6, 6.07) is 9.94. The highest BCUT2D eigenvalue weighted by Gasteiger charge is 2.06. The van der Waals surface area contributed by atoms with Crippen molar-refractivity contribution in [1.29, 1.82) is 0 Å². The van der Waals surface area contributed by atoms with E-state index in [9.17, 15) is 0 Å². The van der Waals surface area contributed by atoms with Gasteiger partial charge < -0.3 is 9.72 Å². The first-order valence-corrected chi connectivity index (χ1v) is 5.91. The minimum Gasteiger partial charge on any atom is -0.438 e. The molecule has 3 aromatic rings. The average molecular weight is 239 g/mol. The number of H-pyrrole nitrogens is 1. The molecule has 0 aliphatic heterocycles. The molecule has 0 radical (unpaired) electrons. The summed E-state index contributed by atoms with van der Waals surface area (Å²) >= 11 is 0. The van der Waals surface area contributed by atoms with E-state index in [-0.39, 0.29) is 0 Å². The van der Waals surface area contributed by atoms with Crippen molar-refractivity contribution in [1.82, 2.24) is 15.0 Å². The van der Waals surface area contributed by atoms with Crippen molar-refractivity contribution >= 4 is 11.0 Å². The molecule has 0 saturated heterocycles. The summed E-state index contributed by atoms with van der Waals surface area (Å²) in [5.41, 5.74) is 2.07. The van der Waals surface area contributed by atoms with Gasteiger partial charge in [-0.3, -0.25) is 0 Å². The minimum atomic E-state index is 0.575. The fourth-order valence-corrected chi connectivity index (χ4v) is 1.83. The number of fused-ring (bicyclic) bond motifs is 1. The third kappa shape index (κ3) is 1.93. The quantitative estimate of drug-likeness (QED) is 0.762. The lowest BCUT2D eigenvalue weighted by Crippen LogP contribution is -1.90. The molecule has 2 heterocycles. The van der Waals surface area contributed by atoms with Gasteiger partial charge in [0.25, 0.3) is 0 Å². The van der Waals surface area contributed by atoms with Crippen molar-refractivity contribution < 1.29 is 4.74 Å². The number of nitrogens with zero attached hydrogens (tertiary/aromatic N) is 2. The lowest BCUT2D eigenvalue weighted by atomic mass is 10.2. The number of hydrogen-bond donors (Lipinski definition) is 1. The second-order valence-electron chi connectivity index (χ2n) is 4.02. The van der Waals surface area contributed by atoms with Crippen molar-refractivity contribution in [3.05, 3.63) is 48.4 Å². The zero-order valence-corrected chi connectivity index (χ0v) is 10.1. The van der Waals surface area contributed by atoms with Crippen LogP contribution in [0.15, 0.2) is 42.9 Å². The molecule has 0 fully saturated rings. The van der Waals surface area contributed by atoms with Crippen LogP contribution >= 0.6 is 0 Å². The first kappa shape index (κ1) is 10.8. The maximum atomic E-state index is 5.78. The zero-order chi connectivity index (χ0) is 12.4. The van der Waals surface area contributed by atoms with Crippen molar-refractivity contribution in [3.8, 4) is 11.6 Å². The van der Waals surface area contributed by atoms with E-state index in [0.717, 1.165) is 23.2 Å². The highest BCUT2D eigenvalue weighted by atomic mass is 16.5. The second-order valence-corrected chi connectivity index (χ2v) is 4.02. The van der Waals surface area contributed by atoms with E-state index in [1.54, 1.807) is 0 Å². The van der Waals surface area contributed by atoms with Crippen LogP contribution < -0.4 is 4.74 Å². The van der Waals surface area contributed by atoms with Gasteiger partial charge in [-0.2, -0.15) is 0 Å². The van der Waals surface area contributed by atoms with Crippen LogP contribution in [0.25, 0.3) is 11.0 Å². The molecule has 0 spiro atoms. The molecule has 3 rings (SSSR count). The van der Waals surface area contributed by atoms with Gasteiger partial charge >= 0.3 is 0 Å². The van der Waals surface area contributed by atoms with Crippen LogP contribution in [0.1, 0.15) is 12.5 Å². The molecule has 4 nitrogen and oxygen atoms in total. The third-order valence-corrected chi connectivity index (χ3v) is 2.86. The monoisotopic (exact) mass is 239 g/mol. The predicted molar refractivity (Wildman–Crippen MR) is 69.8 cm³/mol. The number of ether oxygens (including phenoxy) is 1. The fraction of sp³-hybridized carbons (Fsp3) is 0.143. The number of rotatable bonds is 3. The highest BCUT2D eigenvalue weighted by Crippen LogP contribution is 2.25. The van der Waals surface area contributed by atoms with Gasteiger partial charge in [0.1, 0.15) is 17.7 Å². The van der Waals surface area contributed by atoms with E-state index in [4.69, 9.17) is 4.74 Å². The molecule has 4 heteroatoms. The van der Waals surface area contributed by atoms with Gasteiger partial charge in [0.2, 0.25) is 5.88 Å². The van der Waals surface area contributed by atoms with Crippen LogP contribution in [0.5, 0.6) is 11.6 Å². The molecule has 0 unspecified atom stereocenters. The Balaban J connectivity index is 1.93. The van der Waals surface area contributed by atoms with Crippen molar-refractivity contribution in [2.45, 2.75) is 13.3 Å². The SMILES string of the molecule is CCc1ccc(Oc2ncnc3[nH]ccc23)cc1. The Morgan fingerprint density at radius 2 is 1.94 bits per heavy atom. The topological polar surface area (TPSA) is 50.8 Å². The Bertz CT molecular complexity index is 658. The maximum absolute atomic E-state index is 5.78. The number of aromatic nitrogens is 3. The van der Waals surface area contributed by atoms with E-state index in [1.165, 1.54) is 11.9 Å². The van der Waals surface area contributed by atoms with Crippen molar-refractivity contribution in [2.24, 2.45) is 0 Å². The van der Waals surface area contributed by atoms with E-state index in [0.29, 0.717) is 5.88 Å². The molecule has 1 N–H and O–H groups in total. The Labute approximate surface area is 105 Å². The lowest BCUT2D eigenvalue weighted by molar-refractivity contribution is 0.468. The van der Waals surface area contributed by atoms with Crippen LogP contribution in [0, 0.1) is 0 Å². The molecule has 0 aliphatic carbocycles. The summed E-state index contributed by atoms with van der Waals surface area (Å²) < 4.78 is 5.78. The van der Waals surface area contributed by atoms with Crippen molar-refractivity contribution in [2.75, 3.05) is 0 Å². The molecule has 1 aromatic carbocycles. The van der Waals surface area contributed by atoms with E-state index >= 15 is 0 Å². The van der Waals surface area contributed by atoms with Crippen molar-refractivity contribution in [3.63, 3.8) is 0 Å². The standard InChI is InChI=1S/C14H13N3O/c1-2-10-3-5-11(6-4-10)18-14-12-7-8-15-13(12)16-9-17-14/h3-9H,2H2,1H3,(H,15,16,17). The van der Waals surface area contributed by atoms with Crippen LogP contribution in [0.3, 0.4) is 0 Å². The first-order chi connectivity index (χ1) is 8.86. The Morgan fingerprint density at radius 1 is 1.11 bits per heavy atom. The fourth-order valence-electron chi connectivity index (χ4n) is 1.83. The van der Waals surface area contributed by atoms with Gasteiger partial charge in [-0.25, -0.2) is 9.97 Å². The van der Waals surface area contributed by atoms with E-state index in [2.05, 4.69) is 34.0 Å². The molecular weight excluding hydrogens is 226 g/mol. The number of aromatic amines is 1. The smallest absolute Gasteiger partial charge is 0.231 e. The molecular formula is C14H13N3O. The maximum Gasteiger partial charge on any atom is 0.231 e. The molecule has 0 saturated carbocycles. The number of hydrogen-bond acceptors (Lipinski definition) is 3. The Kier molecular flexibility index (Phi) is 2.68. The second kappa shape index (κ2) is 4.49. The van der Waals surface area contributed by atoms with Gasteiger partial charge in [-0.05, 0) is 30.2 Å². The molecule has 18 heavy (non-hydrogen) atoms. The first-order valence-electron chi connectivity index (χ1n) is 5.91. The van der Waals surface area contributed by atoms with Crippen LogP contribution in [-0.4, -0.2) is 15.0 Å². The molecule has 0 atom stereocenters. The van der Waals surface area contributed by atoms with Gasteiger partial charge in [0, 0.05) is 6.20 Å². The van der Waals surface area contributed by atoms with Crippen LogP contribution in [-0.2, 0) is 6.42 Å². The summed E-state index contributed by atoms with van der Waals surface area (Å²) in [5, 5.41) is 0.886. The summed E-state index contributed by atoms with van der Waals surface area (Å²) in [6.45, 7) is 2.13. The lowest BCUT2D eigenvalue weighted by Gasteiger charge is -2.05. The summed E-state index contributed by atoms with van der Waals surface area (Å²) in [6.07, 6.45) is 4.34. The van der Waals surface area contributed by atoms with Gasteiger partial charge in [0.05, 0.1) is 5.39 Å². The number of nitrogens with one attached hydrogen (secondary N) is 1. The Morgan fingerprint density at radius 3 is 2.72 bits per heavy atom. The summed E-state index contributed by atoms with van der Waals surface area (Å²) in [7, 11) is 0. The molecule has 2 aromatic heterocycles. The van der Waals surface area contributed by atoms with E-state index in [1.807, 2.05) is 24.4 Å². The van der Waals surface area contributed by atoms with E-state index < -0.39 is 0 Å². The molecule has 0 bridgehead atoms.